The average molecular weight is 619 g/mol. The lowest BCUT2D eigenvalue weighted by Gasteiger charge is -2.17. The smallest absolute Gasteiger partial charge is 0.265 e. The Hall–Kier alpha value is -0.340. The van der Waals surface area contributed by atoms with E-state index in [2.05, 4.69) is 20.1 Å². The highest BCUT2D eigenvalue weighted by Crippen LogP contribution is 2.44. The van der Waals surface area contributed by atoms with Gasteiger partial charge in [-0.25, -0.2) is 9.44 Å². The van der Waals surface area contributed by atoms with E-state index in [0.29, 0.717) is 59.1 Å². The molecule has 10 nitrogen and oxygen atoms in total. The number of carbonyl (C=O) groups excluding carboxylic acids is 2. The molecule has 0 fully saturated rings. The van der Waals surface area contributed by atoms with Gasteiger partial charge >= 0.3 is 0 Å². The third-order valence-electron chi connectivity index (χ3n) is 3.99. The van der Waals surface area contributed by atoms with Crippen LogP contribution in [-0.4, -0.2) is 95.9 Å². The van der Waals surface area contributed by atoms with E-state index in [0.717, 1.165) is 11.3 Å². The number of carbonyl (C=O) groups is 2. The maximum atomic E-state index is 12.7. The Balaban J connectivity index is 1.81. The van der Waals surface area contributed by atoms with Gasteiger partial charge in [-0.1, -0.05) is 46.0 Å². The highest BCUT2D eigenvalue weighted by atomic mass is 33.1. The average Bonchev–Trinajstić information content (AvgIpc) is 3.28. The predicted octanol–water partition coefficient (Wildman–Crippen LogP) is 1.47. The van der Waals surface area contributed by atoms with Crippen LogP contribution in [0.2, 0.25) is 0 Å². The molecule has 0 saturated heterocycles. The summed E-state index contributed by atoms with van der Waals surface area (Å²) in [6.07, 6.45) is 0. The highest BCUT2D eigenvalue weighted by molar-refractivity contribution is 8.76. The Bertz CT molecular complexity index is 782. The first-order valence-electron chi connectivity index (χ1n) is 10.2. The van der Waals surface area contributed by atoms with Gasteiger partial charge in [-0.2, -0.15) is 0 Å². The molecule has 0 radical (unpaired) electrons. The topological polar surface area (TPSA) is 141 Å². The predicted molar refractivity (Wildman–Crippen MR) is 155 cm³/mol. The van der Waals surface area contributed by atoms with E-state index < -0.39 is 0 Å². The monoisotopic (exact) mass is 618 g/mol. The minimum Gasteiger partial charge on any atom is -0.484 e. The third-order valence-corrected chi connectivity index (χ3v) is 9.86. The van der Waals surface area contributed by atoms with Crippen molar-refractivity contribution in [2.45, 2.75) is 12.1 Å². The van der Waals surface area contributed by atoms with Crippen molar-refractivity contribution in [2.75, 3.05) is 51.0 Å². The van der Waals surface area contributed by atoms with Gasteiger partial charge in [0.05, 0.1) is 25.3 Å². The van der Waals surface area contributed by atoms with Crippen LogP contribution in [0, 0.1) is 0 Å². The molecule has 1 aliphatic rings. The molecule has 1 aromatic rings. The molecule has 0 aliphatic carbocycles. The lowest BCUT2D eigenvalue weighted by Crippen LogP contribution is -2.28. The first-order chi connectivity index (χ1) is 17.0. The zero-order valence-electron chi connectivity index (χ0n) is 18.4. The third kappa shape index (κ3) is 10.5. The molecule has 0 spiro atoms. The van der Waals surface area contributed by atoms with E-state index in [1.807, 2.05) is 0 Å². The number of fused-ring (bicyclic) bond motifs is 1. The molecule has 2 rings (SSSR count). The van der Waals surface area contributed by atoms with Crippen LogP contribution >= 0.6 is 79.3 Å². The Morgan fingerprint density at radius 2 is 1.31 bits per heavy atom. The second kappa shape index (κ2) is 18.0. The molecule has 1 aromatic heterocycles. The van der Waals surface area contributed by atoms with Crippen molar-refractivity contribution >= 4 is 102 Å². The van der Waals surface area contributed by atoms with Crippen molar-refractivity contribution in [3.8, 4) is 11.5 Å². The van der Waals surface area contributed by atoms with E-state index in [-0.39, 0.29) is 37.1 Å². The standard InChI is InChI=1S/C18H26N4O6S7/c23-7-11(9-29)21-34-31-5-1-19-17(25)15-13-14(28-4-3-27-13)16(33-15)18(26)20-2-6-32-35-22-12(8-24)10-30/h9-12,21-24H,1-8H2,(H,19,25)(H,20,26)/t11-,12-/m1/s1. The summed E-state index contributed by atoms with van der Waals surface area (Å²) in [5, 5.41) is 26.7. The van der Waals surface area contributed by atoms with E-state index in [1.165, 1.54) is 54.3 Å². The summed E-state index contributed by atoms with van der Waals surface area (Å²) in [6.45, 7) is 1.24. The Morgan fingerprint density at radius 1 is 0.886 bits per heavy atom. The summed E-state index contributed by atoms with van der Waals surface area (Å²) in [7, 11) is 5.64. The number of thiocarbonyl (C=S) groups is 2. The van der Waals surface area contributed by atoms with Gasteiger partial charge in [-0.3, -0.25) is 9.59 Å². The summed E-state index contributed by atoms with van der Waals surface area (Å²) in [5.74, 6) is 1.15. The molecular formula is C18H26N4O6S7. The fourth-order valence-corrected chi connectivity index (χ4v) is 7.17. The molecule has 0 unspecified atom stereocenters. The first-order valence-corrected chi connectivity index (χ1v) is 16.6. The van der Waals surface area contributed by atoms with Crippen molar-refractivity contribution in [3.05, 3.63) is 9.75 Å². The number of ether oxygens (including phenoxy) is 2. The van der Waals surface area contributed by atoms with E-state index >= 15 is 0 Å². The van der Waals surface area contributed by atoms with Gasteiger partial charge in [-0.15, -0.1) is 11.3 Å². The molecule has 6 N–H and O–H groups in total. The lowest BCUT2D eigenvalue weighted by molar-refractivity contribution is 0.0936. The molecule has 2 atom stereocenters. The molecule has 2 amide bonds. The number of hydrogen-bond acceptors (Lipinski definition) is 15. The van der Waals surface area contributed by atoms with Crippen LogP contribution < -0.4 is 29.6 Å². The van der Waals surface area contributed by atoms with Gasteiger partial charge in [0.2, 0.25) is 0 Å². The SMILES string of the molecule is O=C(NCCSSN[C@@H](C=S)CO)c1sc(C(=O)NCCSSN[C@@H](C=S)CO)c2c1OCCO2. The molecular weight excluding hydrogens is 593 g/mol. The van der Waals surface area contributed by atoms with E-state index in [1.54, 1.807) is 0 Å². The normalized spacial score (nSPS) is 14.1. The molecule has 35 heavy (non-hydrogen) atoms. The van der Waals surface area contributed by atoms with Gasteiger partial charge in [0, 0.05) is 24.6 Å². The number of aliphatic hydroxyl groups excluding tert-OH is 2. The fraction of sp³-hybridized carbons (Fsp3) is 0.556. The number of amides is 2. The summed E-state index contributed by atoms with van der Waals surface area (Å²) in [6, 6.07) is -0.528. The van der Waals surface area contributed by atoms with Crippen LogP contribution in [0.1, 0.15) is 19.3 Å². The van der Waals surface area contributed by atoms with Gasteiger partial charge in [-0.05, 0) is 32.7 Å². The number of nitrogens with one attached hydrogen (secondary N) is 4. The first kappa shape index (κ1) is 30.9. The largest absolute Gasteiger partial charge is 0.484 e. The Morgan fingerprint density at radius 3 is 1.69 bits per heavy atom. The minimum atomic E-state index is -0.337. The maximum absolute atomic E-state index is 12.7. The summed E-state index contributed by atoms with van der Waals surface area (Å²) >= 11 is 10.6. The van der Waals surface area contributed by atoms with Crippen LogP contribution in [-0.2, 0) is 0 Å². The molecule has 0 saturated carbocycles. The van der Waals surface area contributed by atoms with Gasteiger partial charge in [0.1, 0.15) is 23.0 Å². The zero-order chi connectivity index (χ0) is 25.5. The summed E-state index contributed by atoms with van der Waals surface area (Å²) in [5.41, 5.74) is 0. The molecule has 1 aliphatic heterocycles. The second-order valence-electron chi connectivity index (χ2n) is 6.52. The number of thiophene rings is 1. The van der Waals surface area contributed by atoms with Gasteiger partial charge in [0.25, 0.3) is 11.8 Å². The number of hydrogen-bond donors (Lipinski definition) is 6. The lowest BCUT2D eigenvalue weighted by atomic mass is 10.3. The molecule has 17 heteroatoms. The van der Waals surface area contributed by atoms with Crippen LogP contribution in [0.3, 0.4) is 0 Å². The quantitative estimate of drug-likeness (QED) is 0.0612. The molecule has 0 bridgehead atoms. The maximum Gasteiger partial charge on any atom is 0.265 e. The van der Waals surface area contributed by atoms with Gasteiger partial charge in [0.15, 0.2) is 11.5 Å². The number of aliphatic hydroxyl groups is 2. The zero-order valence-corrected chi connectivity index (χ0v) is 24.1. The van der Waals surface area contributed by atoms with Gasteiger partial charge < -0.3 is 30.3 Å². The molecule has 196 valence electrons. The summed E-state index contributed by atoms with van der Waals surface area (Å²) < 4.78 is 17.3. The van der Waals surface area contributed by atoms with Crippen molar-refractivity contribution in [3.63, 3.8) is 0 Å². The van der Waals surface area contributed by atoms with Crippen molar-refractivity contribution in [2.24, 2.45) is 0 Å². The van der Waals surface area contributed by atoms with Crippen LogP contribution in [0.5, 0.6) is 11.5 Å². The Kier molecular flexibility index (Phi) is 15.9. The Labute approximate surface area is 234 Å². The van der Waals surface area contributed by atoms with Crippen molar-refractivity contribution < 1.29 is 29.3 Å². The van der Waals surface area contributed by atoms with E-state index in [9.17, 15) is 9.59 Å². The molecule has 0 aromatic carbocycles. The molecule has 2 heterocycles. The minimum absolute atomic E-state index is 0.0797. The fourth-order valence-electron chi connectivity index (χ4n) is 2.31. The van der Waals surface area contributed by atoms with Crippen molar-refractivity contribution in [1.29, 1.82) is 0 Å². The van der Waals surface area contributed by atoms with Crippen molar-refractivity contribution in [1.82, 2.24) is 20.1 Å². The van der Waals surface area contributed by atoms with E-state index in [4.69, 9.17) is 44.1 Å². The van der Waals surface area contributed by atoms with Crippen LogP contribution in [0.4, 0.5) is 0 Å². The number of rotatable bonds is 18. The summed E-state index contributed by atoms with van der Waals surface area (Å²) in [4.78, 5) is 26.1. The van der Waals surface area contributed by atoms with Crippen LogP contribution in [0.15, 0.2) is 0 Å². The van der Waals surface area contributed by atoms with Crippen LogP contribution in [0.25, 0.3) is 0 Å². The second-order valence-corrected chi connectivity index (χ2v) is 12.6. The highest BCUT2D eigenvalue weighted by Gasteiger charge is 2.31.